The monoisotopic (exact) mass is 622 g/mol. The smallest absolute Gasteiger partial charge is 0.411 e. The number of ether oxygens (including phenoxy) is 1. The molecule has 8 nitrogen and oxygen atoms in total. The third-order valence-corrected chi connectivity index (χ3v) is 9.18. The highest BCUT2D eigenvalue weighted by Gasteiger charge is 2.51. The normalized spacial score (nSPS) is 20.8. The van der Waals surface area contributed by atoms with E-state index in [0.29, 0.717) is 22.8 Å². The molecule has 3 atom stereocenters. The van der Waals surface area contributed by atoms with Gasteiger partial charge in [0.25, 0.3) is 5.92 Å². The number of halogens is 3. The molecule has 2 aliphatic rings. The number of hydrogen-bond acceptors (Lipinski definition) is 5. The molecule has 2 aromatic rings. The van der Waals surface area contributed by atoms with Crippen LogP contribution in [0.5, 0.6) is 0 Å². The summed E-state index contributed by atoms with van der Waals surface area (Å²) in [6.07, 6.45) is 4.82. The maximum Gasteiger partial charge on any atom is 0.411 e. The molecule has 2 fully saturated rings. The molecule has 2 amide bonds. The van der Waals surface area contributed by atoms with Gasteiger partial charge in [-0.25, -0.2) is 26.9 Å². The van der Waals surface area contributed by atoms with E-state index in [2.05, 4.69) is 15.0 Å². The van der Waals surface area contributed by atoms with Crippen LogP contribution in [0, 0.1) is 11.7 Å². The number of carbonyl (C=O) groups excluding carboxylic acids is 2. The van der Waals surface area contributed by atoms with Gasteiger partial charge in [0.1, 0.15) is 17.5 Å². The molecule has 4 rings (SSSR count). The zero-order chi connectivity index (χ0) is 31.8. The second-order valence-corrected chi connectivity index (χ2v) is 15.4. The molecule has 1 saturated carbocycles. The molecule has 2 N–H and O–H groups in total. The van der Waals surface area contributed by atoms with Crippen LogP contribution in [0.15, 0.2) is 42.7 Å². The maximum atomic E-state index is 15.3. The van der Waals surface area contributed by atoms with E-state index in [1.807, 2.05) is 20.8 Å². The third-order valence-electron chi connectivity index (χ3n) is 7.54. The highest BCUT2D eigenvalue weighted by Crippen LogP contribution is 2.43. The van der Waals surface area contributed by atoms with Crippen molar-refractivity contribution in [2.45, 2.75) is 101 Å². The lowest BCUT2D eigenvalue weighted by molar-refractivity contribution is -0.120. The summed E-state index contributed by atoms with van der Waals surface area (Å²) in [4.78, 5) is 30.9. The molecule has 1 aliphatic heterocycles. The first-order valence-electron chi connectivity index (χ1n) is 14.5. The van der Waals surface area contributed by atoms with Crippen LogP contribution < -0.4 is 10.0 Å². The Labute approximate surface area is 253 Å². The molecule has 2 heterocycles. The Morgan fingerprint density at radius 2 is 1.72 bits per heavy atom. The summed E-state index contributed by atoms with van der Waals surface area (Å²) in [6, 6.07) is 6.25. The van der Waals surface area contributed by atoms with E-state index in [-0.39, 0.29) is 5.69 Å². The molecule has 0 spiro atoms. The van der Waals surface area contributed by atoms with E-state index in [1.54, 1.807) is 51.4 Å². The van der Waals surface area contributed by atoms with Crippen molar-refractivity contribution in [1.29, 1.82) is 0 Å². The topological polar surface area (TPSA) is 101 Å². The first-order chi connectivity index (χ1) is 19.9. The van der Waals surface area contributed by atoms with Crippen LogP contribution in [0.3, 0.4) is 0 Å². The minimum absolute atomic E-state index is 0.241. The number of nitrogens with one attached hydrogen (secondary N) is 2. The Morgan fingerprint density at radius 1 is 1.07 bits per heavy atom. The van der Waals surface area contributed by atoms with E-state index in [9.17, 15) is 22.6 Å². The molecule has 1 saturated heterocycles. The highest BCUT2D eigenvalue weighted by molar-refractivity contribution is 7.84. The quantitative estimate of drug-likeness (QED) is 0.343. The maximum absolute atomic E-state index is 15.3. The first kappa shape index (κ1) is 32.9. The molecule has 0 bridgehead atoms. The second kappa shape index (κ2) is 12.2. The summed E-state index contributed by atoms with van der Waals surface area (Å²) in [5, 5.41) is 2.45. The SMILES string of the molecule is CC(C)(C)OC(=O)N1CC(F)(F)C[C@@H]1C(=O)Nc1cc(C(CCC2CC2)(N[S@](=O)C(C)(C)C)c2ccncc2)ccc1F. The summed E-state index contributed by atoms with van der Waals surface area (Å²) in [7, 11) is -1.55. The molecule has 1 unspecified atom stereocenters. The van der Waals surface area contributed by atoms with Gasteiger partial charge in [0, 0.05) is 18.8 Å². The number of hydrogen-bond donors (Lipinski definition) is 2. The van der Waals surface area contributed by atoms with Crippen LogP contribution in [0.2, 0.25) is 0 Å². The van der Waals surface area contributed by atoms with Gasteiger partial charge in [-0.15, -0.1) is 0 Å². The van der Waals surface area contributed by atoms with Crippen molar-refractivity contribution in [2.75, 3.05) is 11.9 Å². The number of pyridine rings is 1. The van der Waals surface area contributed by atoms with Crippen LogP contribution >= 0.6 is 0 Å². The molecule has 43 heavy (non-hydrogen) atoms. The van der Waals surface area contributed by atoms with Gasteiger partial charge >= 0.3 is 6.09 Å². The number of benzene rings is 1. The largest absolute Gasteiger partial charge is 0.444 e. The minimum Gasteiger partial charge on any atom is -0.444 e. The number of amides is 2. The molecule has 1 aliphatic carbocycles. The predicted molar refractivity (Wildman–Crippen MR) is 159 cm³/mol. The minimum atomic E-state index is -3.32. The number of rotatable bonds is 9. The Morgan fingerprint density at radius 3 is 2.30 bits per heavy atom. The molecular formula is C31H41F3N4O4S. The van der Waals surface area contributed by atoms with Gasteiger partial charge < -0.3 is 10.1 Å². The number of carbonyl (C=O) groups is 2. The Balaban J connectivity index is 1.72. The summed E-state index contributed by atoms with van der Waals surface area (Å²) >= 11 is 0. The van der Waals surface area contributed by atoms with Crippen LogP contribution in [-0.2, 0) is 26.1 Å². The van der Waals surface area contributed by atoms with Gasteiger partial charge in [-0.2, -0.15) is 0 Å². The average molecular weight is 623 g/mol. The fourth-order valence-corrected chi connectivity index (χ4v) is 6.03. The van der Waals surface area contributed by atoms with Crippen molar-refractivity contribution in [3.8, 4) is 0 Å². The van der Waals surface area contributed by atoms with Gasteiger partial charge in [-0.1, -0.05) is 18.9 Å². The van der Waals surface area contributed by atoms with Crippen LogP contribution in [0.4, 0.5) is 23.7 Å². The predicted octanol–water partition coefficient (Wildman–Crippen LogP) is 6.29. The highest BCUT2D eigenvalue weighted by atomic mass is 32.2. The molecule has 1 aromatic heterocycles. The van der Waals surface area contributed by atoms with E-state index in [0.717, 1.165) is 24.8 Å². The Bertz CT molecular complexity index is 1360. The van der Waals surface area contributed by atoms with E-state index >= 15 is 4.39 Å². The van der Waals surface area contributed by atoms with E-state index in [1.165, 1.54) is 12.1 Å². The molecule has 1 aromatic carbocycles. The lowest BCUT2D eigenvalue weighted by Crippen LogP contribution is -2.49. The average Bonchev–Trinajstić information content (AvgIpc) is 3.67. The number of alkyl halides is 2. The van der Waals surface area contributed by atoms with E-state index in [4.69, 9.17) is 4.74 Å². The summed E-state index contributed by atoms with van der Waals surface area (Å²) < 4.78 is 65.7. The zero-order valence-corrected chi connectivity index (χ0v) is 26.3. The summed E-state index contributed by atoms with van der Waals surface area (Å²) in [5.41, 5.74) is -0.951. The molecule has 236 valence electrons. The van der Waals surface area contributed by atoms with Gasteiger partial charge in [0.15, 0.2) is 0 Å². The van der Waals surface area contributed by atoms with Gasteiger partial charge in [-0.3, -0.25) is 14.7 Å². The van der Waals surface area contributed by atoms with Crippen molar-refractivity contribution in [1.82, 2.24) is 14.6 Å². The second-order valence-electron chi connectivity index (χ2n) is 13.5. The molecule has 0 radical (unpaired) electrons. The van der Waals surface area contributed by atoms with Gasteiger partial charge in [-0.05, 0) is 95.7 Å². The number of likely N-dealkylation sites (tertiary alicyclic amines) is 1. The fourth-order valence-electron chi connectivity index (χ4n) is 5.07. The number of anilines is 1. The summed E-state index contributed by atoms with van der Waals surface area (Å²) in [5.74, 6) is -4.54. The van der Waals surface area contributed by atoms with Gasteiger partial charge in [0.2, 0.25) is 5.91 Å². The Hall–Kier alpha value is -2.99. The zero-order valence-electron chi connectivity index (χ0n) is 25.5. The van der Waals surface area contributed by atoms with Crippen LogP contribution in [-0.4, -0.2) is 55.0 Å². The Kier molecular flexibility index (Phi) is 9.33. The van der Waals surface area contributed by atoms with Crippen molar-refractivity contribution in [2.24, 2.45) is 5.92 Å². The van der Waals surface area contributed by atoms with Crippen LogP contribution in [0.1, 0.15) is 84.8 Å². The first-order valence-corrected chi connectivity index (χ1v) is 15.6. The number of aromatic nitrogens is 1. The molecule has 12 heteroatoms. The number of nitrogens with zero attached hydrogens (tertiary/aromatic N) is 2. The fraction of sp³-hybridized carbons (Fsp3) is 0.581. The molecular weight excluding hydrogens is 581 g/mol. The summed E-state index contributed by atoms with van der Waals surface area (Å²) in [6.45, 7) is 9.32. The van der Waals surface area contributed by atoms with Crippen molar-refractivity contribution < 1.29 is 31.7 Å². The van der Waals surface area contributed by atoms with Crippen molar-refractivity contribution >= 4 is 28.7 Å². The third kappa shape index (κ3) is 8.14. The van der Waals surface area contributed by atoms with Crippen molar-refractivity contribution in [3.63, 3.8) is 0 Å². The van der Waals surface area contributed by atoms with Crippen LogP contribution in [0.25, 0.3) is 0 Å². The standard InChI is InChI=1S/C31H41F3N4O4S/c1-28(2,3)42-27(40)38-19-30(33,34)18-25(38)26(39)36-24-17-22(9-10-23(24)32)31(14-11-20-7-8-20,21-12-15-35-16-13-21)37-43(41)29(4,5)6/h9-10,12-13,15-17,20,25,37H,7-8,11,14,18-19H2,1-6H3,(H,36,39)/t25-,31?,43-/m1/s1. The lowest BCUT2D eigenvalue weighted by atomic mass is 9.79. The van der Waals surface area contributed by atoms with Crippen molar-refractivity contribution in [3.05, 3.63) is 59.7 Å². The van der Waals surface area contributed by atoms with Gasteiger partial charge in [0.05, 0.1) is 33.5 Å². The van der Waals surface area contributed by atoms with E-state index < -0.39 is 69.6 Å². The lowest BCUT2D eigenvalue weighted by Gasteiger charge is -2.38.